The second-order valence-corrected chi connectivity index (χ2v) is 3.96. The first-order chi connectivity index (χ1) is 6.13. The van der Waals surface area contributed by atoms with Gasteiger partial charge in [-0.3, -0.25) is 0 Å². The zero-order chi connectivity index (χ0) is 9.84. The Bertz CT molecular complexity index is 278. The molecule has 1 aromatic carbocycles. The van der Waals surface area contributed by atoms with Crippen LogP contribution in [-0.2, 0) is 6.42 Å². The van der Waals surface area contributed by atoms with Crippen LogP contribution in [0, 0.1) is 19.8 Å². The van der Waals surface area contributed by atoms with E-state index in [4.69, 9.17) is 5.73 Å². The minimum atomic E-state index is 0.585. The Kier molecular flexibility index (Phi) is 3.49. The molecule has 0 radical (unpaired) electrons. The quantitative estimate of drug-likeness (QED) is 0.754. The Morgan fingerprint density at radius 1 is 1.23 bits per heavy atom. The van der Waals surface area contributed by atoms with Gasteiger partial charge < -0.3 is 5.73 Å². The van der Waals surface area contributed by atoms with Crippen molar-refractivity contribution in [1.82, 2.24) is 0 Å². The highest BCUT2D eigenvalue weighted by Gasteiger charge is 2.01. The summed E-state index contributed by atoms with van der Waals surface area (Å²) in [7, 11) is 0. The largest absolute Gasteiger partial charge is 0.330 e. The van der Waals surface area contributed by atoms with Gasteiger partial charge in [0.1, 0.15) is 0 Å². The van der Waals surface area contributed by atoms with E-state index >= 15 is 0 Å². The Labute approximate surface area is 81.0 Å². The lowest BCUT2D eigenvalue weighted by molar-refractivity contribution is 0.593. The molecule has 1 atom stereocenters. The molecule has 0 bridgehead atoms. The van der Waals surface area contributed by atoms with Gasteiger partial charge in [0.15, 0.2) is 0 Å². The van der Waals surface area contributed by atoms with Gasteiger partial charge in [-0.2, -0.15) is 0 Å². The average Bonchev–Trinajstić information content (AvgIpc) is 2.11. The van der Waals surface area contributed by atoms with Crippen LogP contribution >= 0.6 is 0 Å². The fourth-order valence-electron chi connectivity index (χ4n) is 1.42. The maximum absolute atomic E-state index is 5.59. The summed E-state index contributed by atoms with van der Waals surface area (Å²) < 4.78 is 0. The first-order valence-corrected chi connectivity index (χ1v) is 4.89. The number of hydrogen-bond acceptors (Lipinski definition) is 1. The third-order valence-electron chi connectivity index (χ3n) is 2.56. The van der Waals surface area contributed by atoms with Crippen LogP contribution in [0.4, 0.5) is 0 Å². The van der Waals surface area contributed by atoms with Crippen LogP contribution in [0.15, 0.2) is 18.2 Å². The van der Waals surface area contributed by atoms with Crippen molar-refractivity contribution in [3.63, 3.8) is 0 Å². The molecule has 0 unspecified atom stereocenters. The Morgan fingerprint density at radius 2 is 1.92 bits per heavy atom. The molecule has 0 spiro atoms. The van der Waals surface area contributed by atoms with Crippen molar-refractivity contribution in [2.24, 2.45) is 11.7 Å². The first kappa shape index (κ1) is 10.3. The molecule has 0 fully saturated rings. The molecule has 0 saturated carbocycles. The SMILES string of the molecule is Cc1ccc(C[C@@H](C)CN)cc1C. The molecule has 72 valence electrons. The molecular formula is C12H19N. The molecule has 1 heteroatoms. The average molecular weight is 177 g/mol. The summed E-state index contributed by atoms with van der Waals surface area (Å²) in [6, 6.07) is 6.66. The fraction of sp³-hybridized carbons (Fsp3) is 0.500. The van der Waals surface area contributed by atoms with E-state index in [1.54, 1.807) is 0 Å². The van der Waals surface area contributed by atoms with Crippen molar-refractivity contribution < 1.29 is 0 Å². The summed E-state index contributed by atoms with van der Waals surface area (Å²) in [6.07, 6.45) is 1.09. The van der Waals surface area contributed by atoms with Crippen molar-refractivity contribution in [3.8, 4) is 0 Å². The molecule has 0 aliphatic rings. The Morgan fingerprint density at radius 3 is 2.46 bits per heavy atom. The molecular weight excluding hydrogens is 158 g/mol. The maximum atomic E-state index is 5.59. The summed E-state index contributed by atoms with van der Waals surface area (Å²) in [5.41, 5.74) is 9.73. The maximum Gasteiger partial charge on any atom is -0.00483 e. The lowest BCUT2D eigenvalue weighted by atomic mass is 9.98. The fourth-order valence-corrected chi connectivity index (χ4v) is 1.42. The molecule has 0 amide bonds. The summed E-state index contributed by atoms with van der Waals surface area (Å²) >= 11 is 0. The van der Waals surface area contributed by atoms with Crippen LogP contribution in [0.5, 0.6) is 0 Å². The van der Waals surface area contributed by atoms with Gasteiger partial charge in [-0.25, -0.2) is 0 Å². The highest BCUT2D eigenvalue weighted by Crippen LogP contribution is 2.13. The summed E-state index contributed by atoms with van der Waals surface area (Å²) in [5, 5.41) is 0. The summed E-state index contributed by atoms with van der Waals surface area (Å²) in [6.45, 7) is 7.26. The predicted octanol–water partition coefficient (Wildman–Crippen LogP) is 2.44. The molecule has 0 aliphatic heterocycles. The molecule has 0 saturated heterocycles. The van der Waals surface area contributed by atoms with E-state index in [-0.39, 0.29) is 0 Å². The topological polar surface area (TPSA) is 26.0 Å². The molecule has 1 aromatic rings. The van der Waals surface area contributed by atoms with Crippen LogP contribution in [0.2, 0.25) is 0 Å². The van der Waals surface area contributed by atoms with Crippen LogP contribution in [0.25, 0.3) is 0 Å². The van der Waals surface area contributed by atoms with E-state index in [1.807, 2.05) is 0 Å². The standard InChI is InChI=1S/C12H19N/c1-9(8-13)6-12-5-4-10(2)11(3)7-12/h4-5,7,9H,6,8,13H2,1-3H3/t9-/m1/s1. The van der Waals surface area contributed by atoms with Crippen molar-refractivity contribution in [1.29, 1.82) is 0 Å². The molecule has 0 aliphatic carbocycles. The van der Waals surface area contributed by atoms with Crippen molar-refractivity contribution >= 4 is 0 Å². The van der Waals surface area contributed by atoms with Crippen LogP contribution in [-0.4, -0.2) is 6.54 Å². The van der Waals surface area contributed by atoms with Crippen molar-refractivity contribution in [2.75, 3.05) is 6.54 Å². The summed E-state index contributed by atoms with van der Waals surface area (Å²) in [5.74, 6) is 0.585. The van der Waals surface area contributed by atoms with Gasteiger partial charge in [-0.15, -0.1) is 0 Å². The minimum absolute atomic E-state index is 0.585. The third-order valence-corrected chi connectivity index (χ3v) is 2.56. The van der Waals surface area contributed by atoms with Gasteiger partial charge in [0.2, 0.25) is 0 Å². The lowest BCUT2D eigenvalue weighted by Gasteiger charge is -2.09. The Hall–Kier alpha value is -0.820. The number of benzene rings is 1. The van der Waals surface area contributed by atoms with E-state index in [2.05, 4.69) is 39.0 Å². The zero-order valence-electron chi connectivity index (χ0n) is 8.80. The van der Waals surface area contributed by atoms with E-state index < -0.39 is 0 Å². The van der Waals surface area contributed by atoms with Crippen LogP contribution < -0.4 is 5.73 Å². The first-order valence-electron chi connectivity index (χ1n) is 4.89. The van der Waals surface area contributed by atoms with Gasteiger partial charge in [0.25, 0.3) is 0 Å². The normalized spacial score (nSPS) is 12.9. The zero-order valence-corrected chi connectivity index (χ0v) is 8.80. The van der Waals surface area contributed by atoms with Gasteiger partial charge in [-0.05, 0) is 49.4 Å². The second-order valence-electron chi connectivity index (χ2n) is 3.96. The van der Waals surface area contributed by atoms with Gasteiger partial charge in [0.05, 0.1) is 0 Å². The molecule has 1 rings (SSSR count). The van der Waals surface area contributed by atoms with Gasteiger partial charge in [0, 0.05) is 0 Å². The van der Waals surface area contributed by atoms with Crippen LogP contribution in [0.1, 0.15) is 23.6 Å². The minimum Gasteiger partial charge on any atom is -0.330 e. The lowest BCUT2D eigenvalue weighted by Crippen LogP contribution is -2.13. The molecule has 1 nitrogen and oxygen atoms in total. The Balaban J connectivity index is 2.73. The van der Waals surface area contributed by atoms with E-state index in [0.29, 0.717) is 5.92 Å². The number of nitrogens with two attached hydrogens (primary N) is 1. The second kappa shape index (κ2) is 4.43. The van der Waals surface area contributed by atoms with E-state index in [1.165, 1.54) is 16.7 Å². The molecule has 13 heavy (non-hydrogen) atoms. The third kappa shape index (κ3) is 2.85. The summed E-state index contributed by atoms with van der Waals surface area (Å²) in [4.78, 5) is 0. The molecule has 2 N–H and O–H groups in total. The van der Waals surface area contributed by atoms with Crippen molar-refractivity contribution in [2.45, 2.75) is 27.2 Å². The molecule has 0 aromatic heterocycles. The van der Waals surface area contributed by atoms with E-state index in [0.717, 1.165) is 13.0 Å². The van der Waals surface area contributed by atoms with Gasteiger partial charge >= 0.3 is 0 Å². The van der Waals surface area contributed by atoms with Crippen LogP contribution in [0.3, 0.4) is 0 Å². The highest BCUT2D eigenvalue weighted by atomic mass is 14.5. The number of aryl methyl sites for hydroxylation is 2. The number of hydrogen-bond donors (Lipinski definition) is 1. The van der Waals surface area contributed by atoms with Gasteiger partial charge in [-0.1, -0.05) is 25.1 Å². The monoisotopic (exact) mass is 177 g/mol. The highest BCUT2D eigenvalue weighted by molar-refractivity contribution is 5.30. The number of rotatable bonds is 3. The van der Waals surface area contributed by atoms with E-state index in [9.17, 15) is 0 Å². The predicted molar refractivity (Wildman–Crippen MR) is 57.8 cm³/mol. The van der Waals surface area contributed by atoms with Crippen molar-refractivity contribution in [3.05, 3.63) is 34.9 Å². The molecule has 0 heterocycles. The smallest absolute Gasteiger partial charge is 0.00483 e.